The summed E-state index contributed by atoms with van der Waals surface area (Å²) in [6.07, 6.45) is 0.460. The molecule has 3 rings (SSSR count). The van der Waals surface area contributed by atoms with Crippen LogP contribution in [0, 0.1) is 0 Å². The molecule has 0 saturated heterocycles. The molecule has 0 fully saturated rings. The number of fused-ring (bicyclic) bond motifs is 1. The Balaban J connectivity index is 1.68. The molecule has 2 N–H and O–H groups in total. The molecule has 0 saturated carbocycles. The fourth-order valence-electron chi connectivity index (χ4n) is 2.36. The van der Waals surface area contributed by atoms with Crippen molar-refractivity contribution in [1.82, 2.24) is 4.90 Å². The Morgan fingerprint density at radius 3 is 2.59 bits per heavy atom. The Morgan fingerprint density at radius 2 is 1.89 bits per heavy atom. The lowest BCUT2D eigenvalue weighted by molar-refractivity contribution is -0.115. The third-order valence-electron chi connectivity index (χ3n) is 3.79. The highest BCUT2D eigenvalue weighted by molar-refractivity contribution is 8.13. The number of amides is 3. The Morgan fingerprint density at radius 1 is 1.15 bits per heavy atom. The number of hydrogen-bond donors (Lipinski definition) is 2. The second kappa shape index (κ2) is 8.49. The number of hydrogen-bond acceptors (Lipinski definition) is 5. The maximum atomic E-state index is 12.5. The molecule has 0 unspecified atom stereocenters. The van der Waals surface area contributed by atoms with Crippen molar-refractivity contribution in [3.63, 3.8) is 0 Å². The molecule has 27 heavy (non-hydrogen) atoms. The van der Waals surface area contributed by atoms with Crippen LogP contribution in [0.2, 0.25) is 0 Å². The standard InChI is InChI=1S/C19H19N3O3S2/c1-22(2)19(25)27-14-6-4-13(5-7-14)20-18(24)12-3-8-16-15(11-12)21-17(23)9-10-26-16/h3-8,11H,9-10H2,1-2H3,(H,20,24)(H,21,23). The van der Waals surface area contributed by atoms with Gasteiger partial charge in [0.1, 0.15) is 0 Å². The van der Waals surface area contributed by atoms with E-state index in [2.05, 4.69) is 10.6 Å². The minimum Gasteiger partial charge on any atom is -0.339 e. The average Bonchev–Trinajstić information content (AvgIpc) is 2.82. The summed E-state index contributed by atoms with van der Waals surface area (Å²) in [5.74, 6) is 0.427. The molecular formula is C19H19N3O3S2. The first kappa shape index (κ1) is 19.3. The lowest BCUT2D eigenvalue weighted by Gasteiger charge is -2.11. The molecular weight excluding hydrogens is 382 g/mol. The third-order valence-corrected chi connectivity index (χ3v) is 5.91. The van der Waals surface area contributed by atoms with Crippen LogP contribution in [0.5, 0.6) is 0 Å². The maximum Gasteiger partial charge on any atom is 0.285 e. The van der Waals surface area contributed by atoms with Crippen LogP contribution in [0.4, 0.5) is 16.2 Å². The number of thioether (sulfide) groups is 2. The minimum atomic E-state index is -0.258. The number of rotatable bonds is 3. The summed E-state index contributed by atoms with van der Waals surface area (Å²) in [5.41, 5.74) is 1.77. The number of carbonyl (C=O) groups excluding carboxylic acids is 3. The molecule has 140 valence electrons. The van der Waals surface area contributed by atoms with Gasteiger partial charge in [0.15, 0.2) is 0 Å². The van der Waals surface area contributed by atoms with Crippen LogP contribution in [0.3, 0.4) is 0 Å². The molecule has 1 aliphatic rings. The van der Waals surface area contributed by atoms with Crippen molar-refractivity contribution in [2.75, 3.05) is 30.5 Å². The first-order chi connectivity index (χ1) is 12.9. The van der Waals surface area contributed by atoms with Crippen LogP contribution in [0.25, 0.3) is 0 Å². The van der Waals surface area contributed by atoms with Gasteiger partial charge in [-0.2, -0.15) is 0 Å². The van der Waals surface area contributed by atoms with Crippen LogP contribution in [0.1, 0.15) is 16.8 Å². The topological polar surface area (TPSA) is 78.5 Å². The quantitative estimate of drug-likeness (QED) is 0.756. The summed E-state index contributed by atoms with van der Waals surface area (Å²) in [6.45, 7) is 0. The van der Waals surface area contributed by atoms with Gasteiger partial charge in [-0.25, -0.2) is 0 Å². The van der Waals surface area contributed by atoms with Crippen LogP contribution in [-0.4, -0.2) is 41.8 Å². The molecule has 0 radical (unpaired) electrons. The molecule has 0 aliphatic carbocycles. The number of benzene rings is 2. The maximum absolute atomic E-state index is 12.5. The highest BCUT2D eigenvalue weighted by Gasteiger charge is 2.16. The predicted molar refractivity (Wildman–Crippen MR) is 110 cm³/mol. The molecule has 8 heteroatoms. The predicted octanol–water partition coefficient (Wildman–Crippen LogP) is 4.15. The molecule has 0 atom stereocenters. The first-order valence-electron chi connectivity index (χ1n) is 8.29. The summed E-state index contributed by atoms with van der Waals surface area (Å²) in [6, 6.07) is 12.4. The van der Waals surface area contributed by atoms with Crippen molar-refractivity contribution in [3.8, 4) is 0 Å². The van der Waals surface area contributed by atoms with E-state index in [0.29, 0.717) is 23.4 Å². The van der Waals surface area contributed by atoms with Crippen molar-refractivity contribution in [2.24, 2.45) is 0 Å². The molecule has 1 heterocycles. The van der Waals surface area contributed by atoms with Gasteiger partial charge in [-0.1, -0.05) is 0 Å². The summed E-state index contributed by atoms with van der Waals surface area (Å²) in [4.78, 5) is 39.2. The van der Waals surface area contributed by atoms with Gasteiger partial charge in [0.25, 0.3) is 11.1 Å². The van der Waals surface area contributed by atoms with Crippen LogP contribution in [0.15, 0.2) is 52.3 Å². The summed E-state index contributed by atoms with van der Waals surface area (Å²) in [7, 11) is 3.40. The van der Waals surface area contributed by atoms with E-state index in [1.54, 1.807) is 62.3 Å². The second-order valence-corrected chi connectivity index (χ2v) is 8.26. The number of anilines is 2. The van der Waals surface area contributed by atoms with E-state index in [1.165, 1.54) is 4.90 Å². The zero-order chi connectivity index (χ0) is 19.4. The Kier molecular flexibility index (Phi) is 6.08. The largest absolute Gasteiger partial charge is 0.339 e. The number of nitrogens with one attached hydrogen (secondary N) is 2. The summed E-state index contributed by atoms with van der Waals surface area (Å²) < 4.78 is 0. The lowest BCUT2D eigenvalue weighted by Crippen LogP contribution is -2.16. The van der Waals surface area contributed by atoms with E-state index in [0.717, 1.165) is 27.3 Å². The zero-order valence-corrected chi connectivity index (χ0v) is 16.6. The van der Waals surface area contributed by atoms with Gasteiger partial charge in [0, 0.05) is 47.3 Å². The Hall–Kier alpha value is -2.45. The van der Waals surface area contributed by atoms with E-state index in [9.17, 15) is 14.4 Å². The van der Waals surface area contributed by atoms with Gasteiger partial charge in [-0.05, 0) is 54.2 Å². The van der Waals surface area contributed by atoms with Gasteiger partial charge in [-0.15, -0.1) is 11.8 Å². The fraction of sp³-hybridized carbons (Fsp3) is 0.211. The van der Waals surface area contributed by atoms with Crippen molar-refractivity contribution >= 4 is 52.0 Å². The van der Waals surface area contributed by atoms with Gasteiger partial charge in [0.2, 0.25) is 5.91 Å². The van der Waals surface area contributed by atoms with Gasteiger partial charge in [0.05, 0.1) is 5.69 Å². The van der Waals surface area contributed by atoms with E-state index in [-0.39, 0.29) is 17.1 Å². The molecule has 0 spiro atoms. The lowest BCUT2D eigenvalue weighted by atomic mass is 10.1. The Labute approximate surface area is 166 Å². The van der Waals surface area contributed by atoms with E-state index in [1.807, 2.05) is 6.07 Å². The average molecular weight is 402 g/mol. The highest BCUT2D eigenvalue weighted by Crippen LogP contribution is 2.31. The first-order valence-corrected chi connectivity index (χ1v) is 10.1. The van der Waals surface area contributed by atoms with Crippen LogP contribution >= 0.6 is 23.5 Å². The number of carbonyl (C=O) groups is 3. The monoisotopic (exact) mass is 401 g/mol. The fourth-order valence-corrected chi connectivity index (χ4v) is 3.96. The van der Waals surface area contributed by atoms with Crippen molar-refractivity contribution in [1.29, 1.82) is 0 Å². The van der Waals surface area contributed by atoms with E-state index >= 15 is 0 Å². The van der Waals surface area contributed by atoms with Crippen LogP contribution < -0.4 is 10.6 Å². The molecule has 2 aromatic carbocycles. The van der Waals surface area contributed by atoms with Crippen molar-refractivity contribution < 1.29 is 14.4 Å². The number of nitrogens with zero attached hydrogens (tertiary/aromatic N) is 1. The smallest absolute Gasteiger partial charge is 0.285 e. The SMILES string of the molecule is CN(C)C(=O)Sc1ccc(NC(=O)c2ccc3c(c2)NC(=O)CCS3)cc1. The summed E-state index contributed by atoms with van der Waals surface area (Å²) in [5, 5.41) is 5.61. The van der Waals surface area contributed by atoms with E-state index < -0.39 is 0 Å². The molecule has 1 aliphatic heterocycles. The van der Waals surface area contributed by atoms with Crippen LogP contribution in [-0.2, 0) is 4.79 Å². The molecule has 0 aromatic heterocycles. The summed E-state index contributed by atoms with van der Waals surface area (Å²) >= 11 is 2.72. The van der Waals surface area contributed by atoms with Crippen molar-refractivity contribution in [2.45, 2.75) is 16.2 Å². The zero-order valence-electron chi connectivity index (χ0n) is 14.9. The molecule has 6 nitrogen and oxygen atoms in total. The van der Waals surface area contributed by atoms with Gasteiger partial charge < -0.3 is 15.5 Å². The highest BCUT2D eigenvalue weighted by atomic mass is 32.2. The molecule has 0 bridgehead atoms. The third kappa shape index (κ3) is 5.05. The molecule has 2 aromatic rings. The van der Waals surface area contributed by atoms with Gasteiger partial charge in [-0.3, -0.25) is 14.4 Å². The minimum absolute atomic E-state index is 0.0424. The normalized spacial score (nSPS) is 13.2. The Bertz CT molecular complexity index is 882. The second-order valence-electron chi connectivity index (χ2n) is 6.10. The van der Waals surface area contributed by atoms with Crippen molar-refractivity contribution in [3.05, 3.63) is 48.0 Å². The molecule has 3 amide bonds. The van der Waals surface area contributed by atoms with Gasteiger partial charge >= 0.3 is 0 Å². The van der Waals surface area contributed by atoms with E-state index in [4.69, 9.17) is 0 Å².